The van der Waals surface area contributed by atoms with E-state index in [-0.39, 0.29) is 145 Å². The van der Waals surface area contributed by atoms with E-state index in [9.17, 15) is 9.59 Å². The minimum Gasteiger partial charge on any atom is -0.460 e. The molecule has 2 atom stereocenters. The average molecular weight is 1600 g/mol. The lowest BCUT2D eigenvalue weighted by atomic mass is 9.80. The van der Waals surface area contributed by atoms with Gasteiger partial charge in [-0.05, 0) is 172 Å². The number of hydrogen-bond acceptors (Lipinski definition) is 16. The van der Waals surface area contributed by atoms with Gasteiger partial charge < -0.3 is 48.5 Å². The maximum Gasteiger partial charge on any atom is 0.333 e. The minimum atomic E-state index is -1.33. The summed E-state index contributed by atoms with van der Waals surface area (Å²) in [7, 11) is 0. The Morgan fingerprint density at radius 1 is 0.373 bits per heavy atom. The zero-order valence-electron chi connectivity index (χ0n) is 69.3. The molecule has 6 amide bonds. The van der Waals surface area contributed by atoms with Gasteiger partial charge in [-0.2, -0.15) is 0 Å². The summed E-state index contributed by atoms with van der Waals surface area (Å²) in [6.07, 6.45) is 20.3. The standard InChI is InChI=1S/C98H112N4O16/c1-9-21-63-29-39-69(40-30-63)115-79-57-73-83-74(94(106)101(93(73)105)77(47-37-67-25-17-13-14-18-26-67)91(103)99-49-51-111-53-55-113-97(109)61(5)6)59-81(117-71-43-33-65(23-11-3)34-44-71)87-88-82(118-72-45-35-66(24-12-4)36-46-72)60-76-84-75(58-80(86(90(84)88)85(79)89(83)87)116-70-41-31-64(22-10-2)32-42-70)95(107)102(96(76)108)78(48-38-68-27-19-15-16-20-28-68)92(104)100-50-52-112-54-56-114-98(110)62(7)8/h29-36,39-46,57-60,67-68,77-78H,5,7,9-28,37-38,47-56H2,1-4,6,8H3,(H,99,103)(H,100,104). The molecule has 20 heteroatoms. The summed E-state index contributed by atoms with van der Waals surface area (Å²) in [5.41, 5.74) is 4.94. The fourth-order valence-corrected chi connectivity index (χ4v) is 17.4. The summed E-state index contributed by atoms with van der Waals surface area (Å²) in [5.74, 6) is -2.71. The Morgan fingerprint density at radius 3 is 0.898 bits per heavy atom. The Kier molecular flexibility index (Phi) is 28.8. The topological polar surface area (TPSA) is 241 Å². The fraction of sp³-hybridized carbons (Fsp3) is 0.429. The normalized spacial score (nSPS) is 15.1. The van der Waals surface area contributed by atoms with E-state index in [2.05, 4.69) is 51.5 Å². The van der Waals surface area contributed by atoms with Gasteiger partial charge in [-0.3, -0.25) is 38.6 Å². The monoisotopic (exact) mass is 1600 g/mol. The number of nitrogens with one attached hydrogen (secondary N) is 2. The number of hydrogen-bond donors (Lipinski definition) is 2. The number of nitrogens with zero attached hydrogens (tertiary/aromatic N) is 2. The molecule has 2 unspecified atom stereocenters. The van der Waals surface area contributed by atoms with Gasteiger partial charge in [0.15, 0.2) is 0 Å². The highest BCUT2D eigenvalue weighted by atomic mass is 16.6. The molecule has 9 aromatic rings. The number of benzene rings is 9. The first-order chi connectivity index (χ1) is 57.4. The lowest BCUT2D eigenvalue weighted by Gasteiger charge is -2.36. The van der Waals surface area contributed by atoms with Gasteiger partial charge in [0.25, 0.3) is 23.6 Å². The minimum absolute atomic E-state index is 0.00282. The highest BCUT2D eigenvalue weighted by Gasteiger charge is 2.47. The number of imide groups is 2. The molecule has 4 aliphatic rings. The number of ether oxygens (including phenoxy) is 8. The number of fused-ring (bicyclic) bond motifs is 2. The van der Waals surface area contributed by atoms with E-state index < -0.39 is 59.5 Å². The summed E-state index contributed by atoms with van der Waals surface area (Å²) in [5, 5.41) is 8.41. The van der Waals surface area contributed by atoms with Gasteiger partial charge in [-0.25, -0.2) is 9.59 Å². The zero-order chi connectivity index (χ0) is 82.9. The molecule has 20 nitrogen and oxygen atoms in total. The van der Waals surface area contributed by atoms with E-state index in [1.165, 1.54) is 0 Å². The predicted molar refractivity (Wildman–Crippen MR) is 458 cm³/mol. The summed E-state index contributed by atoms with van der Waals surface area (Å²) in [6.45, 7) is 18.9. The van der Waals surface area contributed by atoms with Crippen LogP contribution in [0.4, 0.5) is 0 Å². The van der Waals surface area contributed by atoms with E-state index >= 15 is 28.8 Å². The highest BCUT2D eigenvalue weighted by molar-refractivity contribution is 6.45. The first kappa shape index (κ1) is 84.9. The second-order valence-electron chi connectivity index (χ2n) is 32.2. The van der Waals surface area contributed by atoms with Crippen molar-refractivity contribution < 1.29 is 76.3 Å². The molecule has 118 heavy (non-hydrogen) atoms. The van der Waals surface area contributed by atoms with Gasteiger partial charge in [0.05, 0.1) is 48.7 Å². The van der Waals surface area contributed by atoms with Crippen molar-refractivity contribution in [3.8, 4) is 46.0 Å². The first-order valence-corrected chi connectivity index (χ1v) is 42.9. The summed E-state index contributed by atoms with van der Waals surface area (Å²) < 4.78 is 51.8. The van der Waals surface area contributed by atoms with E-state index in [4.69, 9.17) is 37.9 Å². The smallest absolute Gasteiger partial charge is 0.333 e. The summed E-state index contributed by atoms with van der Waals surface area (Å²) >= 11 is 0. The third kappa shape index (κ3) is 19.6. The molecule has 9 aromatic carbocycles. The van der Waals surface area contributed by atoms with Crippen LogP contribution in [0.5, 0.6) is 46.0 Å². The quantitative estimate of drug-likeness (QED) is 0.00690. The van der Waals surface area contributed by atoms with Crippen LogP contribution in [0, 0.1) is 11.8 Å². The van der Waals surface area contributed by atoms with Crippen LogP contribution < -0.4 is 29.6 Å². The Bertz CT molecular complexity index is 4600. The first-order valence-electron chi connectivity index (χ1n) is 42.9. The maximum absolute atomic E-state index is 16.8. The van der Waals surface area contributed by atoms with Gasteiger partial charge in [0.2, 0.25) is 11.8 Å². The number of amides is 6. The van der Waals surface area contributed by atoms with E-state index in [0.717, 1.165) is 160 Å². The van der Waals surface area contributed by atoms with E-state index in [1.54, 1.807) is 38.1 Å². The highest BCUT2D eigenvalue weighted by Crippen LogP contribution is 2.58. The summed E-state index contributed by atoms with van der Waals surface area (Å²) in [6, 6.07) is 34.8. The van der Waals surface area contributed by atoms with Gasteiger partial charge >= 0.3 is 11.9 Å². The number of rotatable bonds is 40. The van der Waals surface area contributed by atoms with Crippen molar-refractivity contribution in [2.24, 2.45) is 11.8 Å². The zero-order valence-corrected chi connectivity index (χ0v) is 69.3. The maximum atomic E-state index is 16.8. The molecule has 0 spiro atoms. The number of aryl methyl sites for hydroxylation is 4. The summed E-state index contributed by atoms with van der Waals surface area (Å²) in [4.78, 5) is 124. The van der Waals surface area contributed by atoms with Gasteiger partial charge in [0.1, 0.15) is 71.3 Å². The van der Waals surface area contributed by atoms with Crippen molar-refractivity contribution in [2.75, 3.05) is 52.7 Å². The largest absolute Gasteiger partial charge is 0.460 e. The van der Waals surface area contributed by atoms with Crippen molar-refractivity contribution in [3.05, 3.63) is 190 Å². The second-order valence-corrected chi connectivity index (χ2v) is 32.2. The van der Waals surface area contributed by atoms with Gasteiger partial charge in [0, 0.05) is 67.3 Å². The van der Waals surface area contributed by atoms with Crippen molar-refractivity contribution in [2.45, 2.75) is 208 Å². The van der Waals surface area contributed by atoms with Crippen LogP contribution >= 0.6 is 0 Å². The molecule has 2 N–H and O–H groups in total. The number of carbonyl (C=O) groups excluding carboxylic acids is 8. The lowest BCUT2D eigenvalue weighted by Crippen LogP contribution is -2.54. The third-order valence-corrected chi connectivity index (χ3v) is 23.3. The van der Waals surface area contributed by atoms with Gasteiger partial charge in [-0.15, -0.1) is 0 Å². The molecule has 2 heterocycles. The molecule has 2 fully saturated rings. The number of carbonyl (C=O) groups is 8. The van der Waals surface area contributed by atoms with Crippen molar-refractivity contribution >= 4 is 90.5 Å². The van der Waals surface area contributed by atoms with Crippen molar-refractivity contribution in [1.82, 2.24) is 20.4 Å². The predicted octanol–water partition coefficient (Wildman–Crippen LogP) is 20.7. The Morgan fingerprint density at radius 2 is 0.644 bits per heavy atom. The van der Waals surface area contributed by atoms with Gasteiger partial charge in [-0.1, -0.05) is 192 Å². The Labute approximate surface area is 691 Å². The molecule has 0 radical (unpaired) electrons. The van der Waals surface area contributed by atoms with Crippen molar-refractivity contribution in [3.63, 3.8) is 0 Å². The fourth-order valence-electron chi connectivity index (χ4n) is 17.4. The molecule has 0 aromatic heterocycles. The van der Waals surface area contributed by atoms with Crippen LogP contribution in [0.25, 0.3) is 43.1 Å². The van der Waals surface area contributed by atoms with Crippen molar-refractivity contribution in [1.29, 1.82) is 0 Å². The molecular formula is C98H112N4O16. The molecule has 620 valence electrons. The van der Waals surface area contributed by atoms with Crippen LogP contribution in [-0.4, -0.2) is 122 Å². The number of esters is 2. The lowest BCUT2D eigenvalue weighted by molar-refractivity contribution is -0.141. The van der Waals surface area contributed by atoms with Crippen LogP contribution in [0.15, 0.2) is 146 Å². The molecule has 2 aliphatic heterocycles. The van der Waals surface area contributed by atoms with Crippen LogP contribution in [0.2, 0.25) is 0 Å². The van der Waals surface area contributed by atoms with Crippen LogP contribution in [0.1, 0.15) is 234 Å². The molecule has 13 rings (SSSR count). The molecule has 0 bridgehead atoms. The SMILES string of the molecule is C=C(C)C(=O)OCCOCCNC(=O)C(CCC1CCCCCC1)N1C(=O)c2cc(Oc3ccc(CCC)cc3)c3c4c(Oc5ccc(CCC)cc5)cc5c6c(cc(Oc7ccc(CCC)cc7)c(c7c(Oc8ccc(CCC)cc8)cc(c2c37)C1=O)c64)C(=O)N(C(CCC1CCCCCC1)C(=O)NCCOCCOC(=O)C(=C)C)C5=O. The molecule has 2 aliphatic carbocycles. The Hall–Kier alpha value is -11.0. The van der Waals surface area contributed by atoms with Crippen LogP contribution in [0.3, 0.4) is 0 Å². The van der Waals surface area contributed by atoms with E-state index in [0.29, 0.717) is 68.2 Å². The third-order valence-electron chi connectivity index (χ3n) is 23.3. The molecular weight excluding hydrogens is 1490 g/mol. The molecule has 2 saturated carbocycles. The Balaban J connectivity index is 1.08. The second kappa shape index (κ2) is 40.0. The molecule has 0 saturated heterocycles. The van der Waals surface area contributed by atoms with Crippen LogP contribution in [-0.2, 0) is 63.8 Å². The van der Waals surface area contributed by atoms with E-state index in [1.807, 2.05) is 97.1 Å². The average Bonchev–Trinajstić information content (AvgIpc) is 0.689.